The highest BCUT2D eigenvalue weighted by Crippen LogP contribution is 2.30. The fourth-order valence-electron chi connectivity index (χ4n) is 2.40. The molecule has 0 bridgehead atoms. The summed E-state index contributed by atoms with van der Waals surface area (Å²) in [5, 5.41) is 4.26. The molecule has 0 aliphatic heterocycles. The fourth-order valence-corrected chi connectivity index (χ4v) is 2.57. The molecule has 0 aromatic heterocycles. The molecule has 2 aromatic carbocycles. The standard InChI is InChI=1S/C18H22ClN/c1-4-10-20-12-15-8-9-16(19)11-18(15)17-7-5-6-13(2)14(17)3/h5-9,11,20H,4,10,12H2,1-3H3. The van der Waals surface area contributed by atoms with Gasteiger partial charge in [0.05, 0.1) is 0 Å². The van der Waals surface area contributed by atoms with Crippen molar-refractivity contribution >= 4 is 11.6 Å². The van der Waals surface area contributed by atoms with Gasteiger partial charge in [0.1, 0.15) is 0 Å². The summed E-state index contributed by atoms with van der Waals surface area (Å²) in [7, 11) is 0. The van der Waals surface area contributed by atoms with Crippen LogP contribution in [0.25, 0.3) is 11.1 Å². The molecule has 1 nitrogen and oxygen atoms in total. The molecule has 0 aliphatic carbocycles. The molecule has 20 heavy (non-hydrogen) atoms. The summed E-state index contributed by atoms with van der Waals surface area (Å²) < 4.78 is 0. The van der Waals surface area contributed by atoms with Crippen molar-refractivity contribution < 1.29 is 0 Å². The van der Waals surface area contributed by atoms with Gasteiger partial charge in [0.25, 0.3) is 0 Å². The number of halogens is 1. The molecule has 2 heteroatoms. The van der Waals surface area contributed by atoms with Gasteiger partial charge < -0.3 is 5.32 Å². The third kappa shape index (κ3) is 3.41. The van der Waals surface area contributed by atoms with Crippen molar-refractivity contribution in [3.63, 3.8) is 0 Å². The van der Waals surface area contributed by atoms with Crippen LogP contribution in [0.5, 0.6) is 0 Å². The number of benzene rings is 2. The summed E-state index contributed by atoms with van der Waals surface area (Å²) >= 11 is 6.20. The van der Waals surface area contributed by atoms with Crippen LogP contribution >= 0.6 is 11.6 Å². The van der Waals surface area contributed by atoms with Crippen molar-refractivity contribution in [3.05, 3.63) is 58.1 Å². The quantitative estimate of drug-likeness (QED) is 0.752. The van der Waals surface area contributed by atoms with Gasteiger partial charge in [-0.3, -0.25) is 0 Å². The van der Waals surface area contributed by atoms with Crippen molar-refractivity contribution in [1.29, 1.82) is 0 Å². The smallest absolute Gasteiger partial charge is 0.0412 e. The SMILES string of the molecule is CCCNCc1ccc(Cl)cc1-c1cccc(C)c1C. The summed E-state index contributed by atoms with van der Waals surface area (Å²) in [6, 6.07) is 12.6. The number of aryl methyl sites for hydroxylation is 1. The van der Waals surface area contributed by atoms with Crippen LogP contribution in [0.3, 0.4) is 0 Å². The molecule has 106 valence electrons. The van der Waals surface area contributed by atoms with Gasteiger partial charge >= 0.3 is 0 Å². The fraction of sp³-hybridized carbons (Fsp3) is 0.333. The van der Waals surface area contributed by atoms with E-state index in [0.29, 0.717) is 0 Å². The van der Waals surface area contributed by atoms with Crippen LogP contribution in [-0.2, 0) is 6.54 Å². The van der Waals surface area contributed by atoms with Crippen LogP contribution < -0.4 is 5.32 Å². The van der Waals surface area contributed by atoms with Crippen LogP contribution in [0, 0.1) is 13.8 Å². The van der Waals surface area contributed by atoms with E-state index in [1.807, 2.05) is 6.07 Å². The molecule has 0 radical (unpaired) electrons. The van der Waals surface area contributed by atoms with Gasteiger partial charge in [-0.25, -0.2) is 0 Å². The zero-order valence-electron chi connectivity index (χ0n) is 12.5. The Morgan fingerprint density at radius 3 is 2.60 bits per heavy atom. The van der Waals surface area contributed by atoms with Crippen molar-refractivity contribution in [2.24, 2.45) is 0 Å². The van der Waals surface area contributed by atoms with E-state index in [1.165, 1.54) is 27.8 Å². The average molecular weight is 288 g/mol. The topological polar surface area (TPSA) is 12.0 Å². The maximum atomic E-state index is 6.20. The van der Waals surface area contributed by atoms with Gasteiger partial charge in [-0.05, 0) is 66.8 Å². The molecule has 0 amide bonds. The van der Waals surface area contributed by atoms with Gasteiger partial charge in [-0.15, -0.1) is 0 Å². The Labute approximate surface area is 127 Å². The summed E-state index contributed by atoms with van der Waals surface area (Å²) in [5.74, 6) is 0. The van der Waals surface area contributed by atoms with Crippen LogP contribution in [0.15, 0.2) is 36.4 Å². The third-order valence-electron chi connectivity index (χ3n) is 3.71. The predicted molar refractivity (Wildman–Crippen MR) is 88.4 cm³/mol. The van der Waals surface area contributed by atoms with Crippen LogP contribution in [0.1, 0.15) is 30.0 Å². The highest BCUT2D eigenvalue weighted by atomic mass is 35.5. The van der Waals surface area contributed by atoms with Gasteiger partial charge in [0, 0.05) is 11.6 Å². The number of hydrogen-bond donors (Lipinski definition) is 1. The zero-order valence-corrected chi connectivity index (χ0v) is 13.2. The highest BCUT2D eigenvalue weighted by molar-refractivity contribution is 6.30. The lowest BCUT2D eigenvalue weighted by atomic mass is 9.93. The molecular formula is C18H22ClN. The van der Waals surface area contributed by atoms with Gasteiger partial charge in [-0.2, -0.15) is 0 Å². The molecular weight excluding hydrogens is 266 g/mol. The minimum Gasteiger partial charge on any atom is -0.313 e. The molecule has 0 fully saturated rings. The van der Waals surface area contributed by atoms with E-state index >= 15 is 0 Å². The highest BCUT2D eigenvalue weighted by Gasteiger charge is 2.09. The van der Waals surface area contributed by atoms with E-state index in [1.54, 1.807) is 0 Å². The summed E-state index contributed by atoms with van der Waals surface area (Å²) in [4.78, 5) is 0. The average Bonchev–Trinajstić information content (AvgIpc) is 2.44. The largest absolute Gasteiger partial charge is 0.313 e. The van der Waals surface area contributed by atoms with E-state index in [0.717, 1.165) is 24.5 Å². The summed E-state index contributed by atoms with van der Waals surface area (Å²) in [5.41, 5.74) is 6.46. The maximum Gasteiger partial charge on any atom is 0.0412 e. The molecule has 2 rings (SSSR count). The summed E-state index contributed by atoms with van der Waals surface area (Å²) in [6.45, 7) is 8.43. The molecule has 0 aliphatic rings. The Bertz CT molecular complexity index is 590. The van der Waals surface area contributed by atoms with Gasteiger partial charge in [0.2, 0.25) is 0 Å². The third-order valence-corrected chi connectivity index (χ3v) is 3.94. The second-order valence-electron chi connectivity index (χ2n) is 5.23. The molecule has 0 unspecified atom stereocenters. The minimum atomic E-state index is 0.792. The van der Waals surface area contributed by atoms with Crippen molar-refractivity contribution in [1.82, 2.24) is 5.32 Å². The first-order valence-electron chi connectivity index (χ1n) is 7.19. The van der Waals surface area contributed by atoms with E-state index in [2.05, 4.69) is 56.4 Å². The number of hydrogen-bond acceptors (Lipinski definition) is 1. The maximum absolute atomic E-state index is 6.20. The van der Waals surface area contributed by atoms with Crippen LogP contribution in [0.2, 0.25) is 5.02 Å². The van der Waals surface area contributed by atoms with E-state index in [4.69, 9.17) is 11.6 Å². The lowest BCUT2D eigenvalue weighted by Crippen LogP contribution is -2.14. The van der Waals surface area contributed by atoms with Crippen LogP contribution in [0.4, 0.5) is 0 Å². The van der Waals surface area contributed by atoms with Crippen LogP contribution in [-0.4, -0.2) is 6.54 Å². The number of nitrogens with one attached hydrogen (secondary N) is 1. The van der Waals surface area contributed by atoms with E-state index in [-0.39, 0.29) is 0 Å². The van der Waals surface area contributed by atoms with Gasteiger partial charge in [-0.1, -0.05) is 42.8 Å². The van der Waals surface area contributed by atoms with Crippen molar-refractivity contribution in [2.75, 3.05) is 6.54 Å². The predicted octanol–water partition coefficient (Wildman–Crippen LogP) is 5.12. The molecule has 2 aromatic rings. The second kappa shape index (κ2) is 6.92. The Balaban J connectivity index is 2.43. The zero-order chi connectivity index (χ0) is 14.5. The van der Waals surface area contributed by atoms with Gasteiger partial charge in [0.15, 0.2) is 0 Å². The molecule has 1 N–H and O–H groups in total. The normalized spacial score (nSPS) is 10.8. The second-order valence-corrected chi connectivity index (χ2v) is 5.66. The molecule has 0 atom stereocenters. The van der Waals surface area contributed by atoms with E-state index < -0.39 is 0 Å². The minimum absolute atomic E-state index is 0.792. The Morgan fingerprint density at radius 2 is 1.85 bits per heavy atom. The monoisotopic (exact) mass is 287 g/mol. The molecule has 0 saturated heterocycles. The summed E-state index contributed by atoms with van der Waals surface area (Å²) in [6.07, 6.45) is 1.15. The first-order chi connectivity index (χ1) is 9.63. The van der Waals surface area contributed by atoms with Crippen molar-refractivity contribution in [2.45, 2.75) is 33.7 Å². The first kappa shape index (κ1) is 15.1. The molecule has 0 saturated carbocycles. The number of rotatable bonds is 5. The van der Waals surface area contributed by atoms with E-state index in [9.17, 15) is 0 Å². The molecule has 0 spiro atoms. The lowest BCUT2D eigenvalue weighted by molar-refractivity contribution is 0.676. The Morgan fingerprint density at radius 1 is 1.05 bits per heavy atom. The van der Waals surface area contributed by atoms with Crippen molar-refractivity contribution in [3.8, 4) is 11.1 Å². The molecule has 0 heterocycles. The first-order valence-corrected chi connectivity index (χ1v) is 7.57. The lowest BCUT2D eigenvalue weighted by Gasteiger charge is -2.14. The Kier molecular flexibility index (Phi) is 5.22. The Hall–Kier alpha value is -1.31.